The predicted octanol–water partition coefficient (Wildman–Crippen LogP) is 4.92. The Morgan fingerprint density at radius 2 is 1.84 bits per heavy atom. The number of thiazole rings is 1. The van der Waals surface area contributed by atoms with E-state index in [0.717, 1.165) is 29.9 Å². The summed E-state index contributed by atoms with van der Waals surface area (Å²) in [5.41, 5.74) is 5.21. The van der Waals surface area contributed by atoms with Crippen molar-refractivity contribution in [1.82, 2.24) is 9.88 Å². The van der Waals surface area contributed by atoms with Gasteiger partial charge in [0.25, 0.3) is 0 Å². The van der Waals surface area contributed by atoms with Gasteiger partial charge in [0.05, 0.1) is 11.3 Å². The maximum absolute atomic E-state index is 13.7. The first-order valence-electron chi connectivity index (χ1n) is 8.04. The second-order valence-corrected chi connectivity index (χ2v) is 7.61. The highest BCUT2D eigenvalue weighted by Crippen LogP contribution is 2.37. The van der Waals surface area contributed by atoms with E-state index in [2.05, 4.69) is 23.7 Å². The van der Waals surface area contributed by atoms with Crippen molar-refractivity contribution in [3.63, 3.8) is 0 Å². The number of likely N-dealkylation sites (tertiary alicyclic amines) is 1. The predicted molar refractivity (Wildman–Crippen MR) is 90.6 cm³/mol. The van der Waals surface area contributed by atoms with Gasteiger partial charge in [-0.2, -0.15) is 13.2 Å². The zero-order valence-corrected chi connectivity index (χ0v) is 14.7. The number of nitrogen functional groups attached to an aromatic ring is 1. The Morgan fingerprint density at radius 1 is 1.20 bits per heavy atom. The first kappa shape index (κ1) is 18.1. The molecular weight excluding hydrogens is 354 g/mol. The van der Waals surface area contributed by atoms with E-state index in [1.807, 2.05) is 0 Å². The molecule has 25 heavy (non-hydrogen) atoms. The lowest BCUT2D eigenvalue weighted by molar-refractivity contribution is -0.137. The van der Waals surface area contributed by atoms with Gasteiger partial charge in [-0.1, -0.05) is 0 Å². The average molecular weight is 373 g/mol. The van der Waals surface area contributed by atoms with E-state index in [0.29, 0.717) is 30.4 Å². The number of nitrogens with zero attached hydrogens (tertiary/aromatic N) is 2. The zero-order valence-electron chi connectivity index (χ0n) is 13.9. The molecule has 1 aromatic heterocycles. The van der Waals surface area contributed by atoms with Crippen LogP contribution >= 0.6 is 11.3 Å². The van der Waals surface area contributed by atoms with Crippen LogP contribution in [-0.2, 0) is 12.7 Å². The molecule has 0 aliphatic carbocycles. The van der Waals surface area contributed by atoms with Gasteiger partial charge in [0.15, 0.2) is 5.13 Å². The number of halogens is 4. The molecule has 3 nitrogen and oxygen atoms in total. The van der Waals surface area contributed by atoms with Crippen LogP contribution in [0.25, 0.3) is 11.3 Å². The molecule has 136 valence electrons. The number of aromatic nitrogens is 1. The molecule has 1 aliphatic rings. The third-order valence-electron chi connectivity index (χ3n) is 4.67. The Balaban J connectivity index is 2.00. The van der Waals surface area contributed by atoms with Gasteiger partial charge in [-0.15, -0.1) is 11.3 Å². The zero-order chi connectivity index (χ0) is 18.4. The first-order chi connectivity index (χ1) is 11.6. The summed E-state index contributed by atoms with van der Waals surface area (Å²) in [5.74, 6) is -0.940. The fourth-order valence-corrected chi connectivity index (χ4v) is 4.18. The Morgan fingerprint density at radius 3 is 2.44 bits per heavy atom. The third kappa shape index (κ3) is 3.79. The second-order valence-electron chi connectivity index (χ2n) is 6.50. The number of benzene rings is 1. The molecular formula is C17H19F4N3S. The van der Waals surface area contributed by atoms with Gasteiger partial charge in [-0.3, -0.25) is 4.90 Å². The molecule has 3 rings (SSSR count). The Labute approximate surface area is 147 Å². The largest absolute Gasteiger partial charge is 0.416 e. The molecule has 8 heteroatoms. The van der Waals surface area contributed by atoms with E-state index in [1.165, 1.54) is 11.3 Å². The second kappa shape index (κ2) is 6.57. The van der Waals surface area contributed by atoms with Crippen LogP contribution in [0.4, 0.5) is 22.7 Å². The lowest BCUT2D eigenvalue weighted by Gasteiger charge is -2.25. The summed E-state index contributed by atoms with van der Waals surface area (Å²) < 4.78 is 52.7. The summed E-state index contributed by atoms with van der Waals surface area (Å²) in [6, 6.07) is 3.25. The van der Waals surface area contributed by atoms with E-state index in [4.69, 9.17) is 5.73 Å². The molecule has 0 bridgehead atoms. The van der Waals surface area contributed by atoms with Crippen LogP contribution in [0.1, 0.15) is 37.1 Å². The normalized spacial score (nSPS) is 21.8. The molecule has 2 heterocycles. The average Bonchev–Trinajstić information content (AvgIpc) is 3.03. The smallest absolute Gasteiger partial charge is 0.375 e. The SMILES string of the molecule is C[C@@H]1CC[C@H](C)N1Cc1sc(N)nc1-c1cc(F)cc(C(F)(F)F)c1. The van der Waals surface area contributed by atoms with E-state index in [9.17, 15) is 17.6 Å². The van der Waals surface area contributed by atoms with Gasteiger partial charge in [-0.05, 0) is 44.9 Å². The Kier molecular flexibility index (Phi) is 4.76. The molecule has 0 unspecified atom stereocenters. The molecule has 0 spiro atoms. The van der Waals surface area contributed by atoms with Crippen LogP contribution in [0, 0.1) is 5.82 Å². The number of anilines is 1. The summed E-state index contributed by atoms with van der Waals surface area (Å²) in [6.07, 6.45) is -2.47. The van der Waals surface area contributed by atoms with Gasteiger partial charge >= 0.3 is 6.18 Å². The molecule has 1 saturated heterocycles. The molecule has 0 amide bonds. The molecule has 1 aliphatic heterocycles. The van der Waals surface area contributed by atoms with Crippen molar-refractivity contribution in [3.05, 3.63) is 34.5 Å². The number of nitrogens with two attached hydrogens (primary N) is 1. The van der Waals surface area contributed by atoms with Crippen LogP contribution in [-0.4, -0.2) is 22.0 Å². The first-order valence-corrected chi connectivity index (χ1v) is 8.86. The number of hydrogen-bond donors (Lipinski definition) is 1. The van der Waals surface area contributed by atoms with Crippen molar-refractivity contribution in [2.24, 2.45) is 0 Å². The van der Waals surface area contributed by atoms with Gasteiger partial charge in [-0.25, -0.2) is 9.37 Å². The van der Waals surface area contributed by atoms with Crippen molar-refractivity contribution in [2.75, 3.05) is 5.73 Å². The van der Waals surface area contributed by atoms with E-state index in [1.54, 1.807) is 0 Å². The molecule has 2 aromatic rings. The van der Waals surface area contributed by atoms with E-state index in [-0.39, 0.29) is 10.7 Å². The van der Waals surface area contributed by atoms with Crippen LogP contribution in [0.5, 0.6) is 0 Å². The third-order valence-corrected chi connectivity index (χ3v) is 5.54. The quantitative estimate of drug-likeness (QED) is 0.777. The maximum Gasteiger partial charge on any atom is 0.416 e. The lowest BCUT2D eigenvalue weighted by Crippen LogP contribution is -2.31. The lowest BCUT2D eigenvalue weighted by atomic mass is 10.1. The molecule has 2 N–H and O–H groups in total. The molecule has 1 fully saturated rings. The fraction of sp³-hybridized carbons (Fsp3) is 0.471. The van der Waals surface area contributed by atoms with Gasteiger partial charge in [0, 0.05) is 29.1 Å². The van der Waals surface area contributed by atoms with Crippen molar-refractivity contribution in [2.45, 2.75) is 51.5 Å². The maximum atomic E-state index is 13.7. The van der Waals surface area contributed by atoms with Crippen molar-refractivity contribution in [3.8, 4) is 11.3 Å². The molecule has 0 radical (unpaired) electrons. The van der Waals surface area contributed by atoms with Gasteiger partial charge in [0.1, 0.15) is 5.82 Å². The van der Waals surface area contributed by atoms with Gasteiger partial charge in [0.2, 0.25) is 0 Å². The van der Waals surface area contributed by atoms with E-state index < -0.39 is 17.6 Å². The number of hydrogen-bond acceptors (Lipinski definition) is 4. The monoisotopic (exact) mass is 373 g/mol. The van der Waals surface area contributed by atoms with Crippen molar-refractivity contribution < 1.29 is 17.6 Å². The fourth-order valence-electron chi connectivity index (χ4n) is 3.32. The van der Waals surface area contributed by atoms with Crippen molar-refractivity contribution in [1.29, 1.82) is 0 Å². The Hall–Kier alpha value is -1.67. The minimum atomic E-state index is -4.61. The van der Waals surface area contributed by atoms with Crippen LogP contribution in [0.2, 0.25) is 0 Å². The minimum absolute atomic E-state index is 0.106. The highest BCUT2D eigenvalue weighted by Gasteiger charge is 2.33. The van der Waals surface area contributed by atoms with Crippen LogP contribution in [0.15, 0.2) is 18.2 Å². The highest BCUT2D eigenvalue weighted by atomic mass is 32.1. The topological polar surface area (TPSA) is 42.1 Å². The molecule has 0 saturated carbocycles. The van der Waals surface area contributed by atoms with E-state index >= 15 is 0 Å². The van der Waals surface area contributed by atoms with Crippen LogP contribution < -0.4 is 5.73 Å². The summed E-state index contributed by atoms with van der Waals surface area (Å²) in [7, 11) is 0. The summed E-state index contributed by atoms with van der Waals surface area (Å²) >= 11 is 1.24. The van der Waals surface area contributed by atoms with Crippen LogP contribution in [0.3, 0.4) is 0 Å². The Bertz CT molecular complexity index is 762. The number of rotatable bonds is 3. The summed E-state index contributed by atoms with van der Waals surface area (Å²) in [6.45, 7) is 4.79. The number of alkyl halides is 3. The summed E-state index contributed by atoms with van der Waals surface area (Å²) in [5, 5.41) is 0.266. The van der Waals surface area contributed by atoms with Crippen molar-refractivity contribution >= 4 is 16.5 Å². The summed E-state index contributed by atoms with van der Waals surface area (Å²) in [4.78, 5) is 7.21. The minimum Gasteiger partial charge on any atom is -0.375 e. The molecule has 2 atom stereocenters. The standard InChI is InChI=1S/C17H19F4N3S/c1-9-3-4-10(2)24(9)8-14-15(23-16(22)25-14)11-5-12(17(19,20)21)7-13(18)6-11/h5-7,9-10H,3-4,8H2,1-2H3,(H2,22,23)/t9-,10+. The van der Waals surface area contributed by atoms with Gasteiger partial charge < -0.3 is 5.73 Å². The highest BCUT2D eigenvalue weighted by molar-refractivity contribution is 7.15. The molecule has 1 aromatic carbocycles.